The molecule has 3 aromatic carbocycles. The van der Waals surface area contributed by atoms with Crippen LogP contribution in [0.15, 0.2) is 84.0 Å². The van der Waals surface area contributed by atoms with Crippen molar-refractivity contribution >= 4 is 35.2 Å². The molecule has 0 saturated heterocycles. The van der Waals surface area contributed by atoms with E-state index in [1.54, 1.807) is 6.07 Å². The largest absolute Gasteiger partial charge is 0.506 e. The fourth-order valence-electron chi connectivity index (χ4n) is 2.83. The lowest BCUT2D eigenvalue weighted by Crippen LogP contribution is -1.99. The first-order chi connectivity index (χ1) is 14.6. The Hall–Kier alpha value is -3.41. The molecule has 30 heavy (non-hydrogen) atoms. The first-order valence-electron chi connectivity index (χ1n) is 9.07. The van der Waals surface area contributed by atoms with Crippen molar-refractivity contribution < 1.29 is 5.11 Å². The normalized spacial score (nSPS) is 11.0. The molecule has 2 N–H and O–H groups in total. The molecular formula is C23H16Cl2N4O. The minimum absolute atomic E-state index is 0.0933. The van der Waals surface area contributed by atoms with Crippen LogP contribution in [-0.4, -0.2) is 21.3 Å². The standard InChI is InChI=1S/C23H16Cl2N4O/c24-18-11-17(22(30)19(25)12-18)14-26-29-21-13-20(15-7-3-1-4-8-15)27-23(28-21)16-9-5-2-6-10-16/h1-14,30H,(H,27,28,29)/b26-14+. The first-order valence-corrected chi connectivity index (χ1v) is 9.83. The summed E-state index contributed by atoms with van der Waals surface area (Å²) in [5.41, 5.74) is 5.90. The van der Waals surface area contributed by atoms with E-state index in [1.807, 2.05) is 66.7 Å². The van der Waals surface area contributed by atoms with Crippen molar-refractivity contribution in [2.45, 2.75) is 0 Å². The van der Waals surface area contributed by atoms with Crippen molar-refractivity contribution in [2.75, 3.05) is 5.43 Å². The number of halogens is 2. The number of hydrazone groups is 1. The van der Waals surface area contributed by atoms with Crippen LogP contribution >= 0.6 is 23.2 Å². The Balaban J connectivity index is 1.69. The molecule has 0 aliphatic rings. The van der Waals surface area contributed by atoms with Gasteiger partial charge in [-0.05, 0) is 12.1 Å². The minimum atomic E-state index is -0.0933. The number of phenolic OH excluding ortho intramolecular Hbond substituents is 1. The molecule has 1 heterocycles. The topological polar surface area (TPSA) is 70.4 Å². The molecule has 0 bridgehead atoms. The zero-order valence-electron chi connectivity index (χ0n) is 15.6. The first kappa shape index (κ1) is 19.9. The summed E-state index contributed by atoms with van der Waals surface area (Å²) < 4.78 is 0. The second-order valence-corrected chi connectivity index (χ2v) is 7.23. The third-order valence-electron chi connectivity index (χ3n) is 4.27. The Morgan fingerprint density at radius 1 is 0.833 bits per heavy atom. The molecule has 0 atom stereocenters. The maximum Gasteiger partial charge on any atom is 0.162 e. The number of nitrogens with zero attached hydrogens (tertiary/aromatic N) is 3. The van der Waals surface area contributed by atoms with Crippen molar-refractivity contribution in [3.8, 4) is 28.4 Å². The predicted molar refractivity (Wildman–Crippen MR) is 122 cm³/mol. The van der Waals surface area contributed by atoms with Gasteiger partial charge < -0.3 is 5.11 Å². The number of nitrogens with one attached hydrogen (secondary N) is 1. The zero-order chi connectivity index (χ0) is 20.9. The number of benzene rings is 3. The molecule has 4 rings (SSSR count). The minimum Gasteiger partial charge on any atom is -0.506 e. The van der Waals surface area contributed by atoms with Gasteiger partial charge in [-0.15, -0.1) is 0 Å². The van der Waals surface area contributed by atoms with E-state index in [-0.39, 0.29) is 10.8 Å². The Kier molecular flexibility index (Phi) is 5.93. The van der Waals surface area contributed by atoms with E-state index >= 15 is 0 Å². The van der Waals surface area contributed by atoms with E-state index in [0.29, 0.717) is 22.2 Å². The number of aromatic hydroxyl groups is 1. The van der Waals surface area contributed by atoms with Gasteiger partial charge in [0, 0.05) is 27.8 Å². The second-order valence-electron chi connectivity index (χ2n) is 6.39. The summed E-state index contributed by atoms with van der Waals surface area (Å²) in [5.74, 6) is 0.985. The van der Waals surface area contributed by atoms with Gasteiger partial charge in [-0.2, -0.15) is 5.10 Å². The average Bonchev–Trinajstić information content (AvgIpc) is 2.78. The van der Waals surface area contributed by atoms with E-state index in [4.69, 9.17) is 28.2 Å². The summed E-state index contributed by atoms with van der Waals surface area (Å²) >= 11 is 12.0. The van der Waals surface area contributed by atoms with Gasteiger partial charge in [-0.25, -0.2) is 9.97 Å². The number of rotatable bonds is 5. The van der Waals surface area contributed by atoms with Crippen LogP contribution in [0.4, 0.5) is 5.82 Å². The second kappa shape index (κ2) is 8.95. The lowest BCUT2D eigenvalue weighted by molar-refractivity contribution is 0.475. The third-order valence-corrected chi connectivity index (χ3v) is 4.77. The number of phenols is 1. The van der Waals surface area contributed by atoms with Gasteiger partial charge in [0.15, 0.2) is 11.6 Å². The van der Waals surface area contributed by atoms with Crippen molar-refractivity contribution in [1.29, 1.82) is 0 Å². The van der Waals surface area contributed by atoms with Crippen LogP contribution in [0.5, 0.6) is 5.75 Å². The van der Waals surface area contributed by atoms with Crippen molar-refractivity contribution in [1.82, 2.24) is 9.97 Å². The number of aromatic nitrogens is 2. The van der Waals surface area contributed by atoms with Crippen molar-refractivity contribution in [2.24, 2.45) is 5.10 Å². The van der Waals surface area contributed by atoms with Gasteiger partial charge in [-0.3, -0.25) is 5.43 Å². The lowest BCUT2D eigenvalue weighted by Gasteiger charge is -2.08. The Morgan fingerprint density at radius 3 is 2.20 bits per heavy atom. The van der Waals surface area contributed by atoms with Crippen LogP contribution in [0.25, 0.3) is 22.6 Å². The summed E-state index contributed by atoms with van der Waals surface area (Å²) in [6.45, 7) is 0. The van der Waals surface area contributed by atoms with E-state index in [1.165, 1.54) is 12.3 Å². The fourth-order valence-corrected chi connectivity index (χ4v) is 3.34. The van der Waals surface area contributed by atoms with Crippen LogP contribution in [0.1, 0.15) is 5.56 Å². The molecule has 0 saturated carbocycles. The molecule has 4 aromatic rings. The van der Waals surface area contributed by atoms with E-state index in [2.05, 4.69) is 15.5 Å². The Bertz CT molecular complexity index is 1140. The number of hydrogen-bond acceptors (Lipinski definition) is 5. The van der Waals surface area contributed by atoms with Crippen LogP contribution in [0, 0.1) is 0 Å². The predicted octanol–water partition coefficient (Wildman–Crippen LogP) is 6.27. The van der Waals surface area contributed by atoms with Crippen LogP contribution in [-0.2, 0) is 0 Å². The highest BCUT2D eigenvalue weighted by Crippen LogP contribution is 2.30. The monoisotopic (exact) mass is 434 g/mol. The maximum atomic E-state index is 10.1. The quantitative estimate of drug-likeness (QED) is 0.286. The highest BCUT2D eigenvalue weighted by atomic mass is 35.5. The number of anilines is 1. The molecule has 0 amide bonds. The number of hydrogen-bond donors (Lipinski definition) is 2. The summed E-state index contributed by atoms with van der Waals surface area (Å²) in [4.78, 5) is 9.27. The molecule has 1 aromatic heterocycles. The van der Waals surface area contributed by atoms with Gasteiger partial charge in [0.25, 0.3) is 0 Å². The van der Waals surface area contributed by atoms with Crippen LogP contribution in [0.3, 0.4) is 0 Å². The Morgan fingerprint density at radius 2 is 1.50 bits per heavy atom. The molecule has 0 aliphatic carbocycles. The highest BCUT2D eigenvalue weighted by molar-refractivity contribution is 6.36. The summed E-state index contributed by atoms with van der Waals surface area (Å²) in [6.07, 6.45) is 1.43. The van der Waals surface area contributed by atoms with Gasteiger partial charge in [0.2, 0.25) is 0 Å². The highest BCUT2D eigenvalue weighted by Gasteiger charge is 2.09. The average molecular weight is 435 g/mol. The van der Waals surface area contributed by atoms with Crippen molar-refractivity contribution in [3.05, 3.63) is 94.5 Å². The molecule has 0 aliphatic heterocycles. The SMILES string of the molecule is Oc1c(Cl)cc(Cl)cc1/C=N/Nc1cc(-c2ccccc2)nc(-c2ccccc2)n1. The summed E-state index contributed by atoms with van der Waals surface area (Å²) in [5, 5.41) is 14.8. The smallest absolute Gasteiger partial charge is 0.162 e. The van der Waals surface area contributed by atoms with E-state index in [0.717, 1.165) is 16.8 Å². The van der Waals surface area contributed by atoms with Crippen LogP contribution in [0.2, 0.25) is 10.0 Å². The molecule has 5 nitrogen and oxygen atoms in total. The molecule has 0 spiro atoms. The summed E-state index contributed by atoms with van der Waals surface area (Å²) in [7, 11) is 0. The van der Waals surface area contributed by atoms with Crippen LogP contribution < -0.4 is 5.43 Å². The third kappa shape index (κ3) is 4.59. The molecule has 0 fully saturated rings. The summed E-state index contributed by atoms with van der Waals surface area (Å²) in [6, 6.07) is 24.4. The molecule has 0 unspecified atom stereocenters. The Labute approximate surface area is 183 Å². The molecule has 0 radical (unpaired) electrons. The fraction of sp³-hybridized carbons (Fsp3) is 0. The van der Waals surface area contributed by atoms with E-state index in [9.17, 15) is 5.11 Å². The van der Waals surface area contributed by atoms with Crippen molar-refractivity contribution in [3.63, 3.8) is 0 Å². The van der Waals surface area contributed by atoms with Gasteiger partial charge in [0.1, 0.15) is 5.75 Å². The molecule has 7 heteroatoms. The van der Waals surface area contributed by atoms with Gasteiger partial charge in [0.05, 0.1) is 16.9 Å². The zero-order valence-corrected chi connectivity index (χ0v) is 17.1. The lowest BCUT2D eigenvalue weighted by atomic mass is 10.1. The maximum absolute atomic E-state index is 10.1. The molecule has 148 valence electrons. The van der Waals surface area contributed by atoms with E-state index < -0.39 is 0 Å². The molecular weight excluding hydrogens is 419 g/mol. The van der Waals surface area contributed by atoms with Gasteiger partial charge in [-0.1, -0.05) is 83.9 Å². The van der Waals surface area contributed by atoms with Gasteiger partial charge >= 0.3 is 0 Å².